The third kappa shape index (κ3) is 10.2. The second kappa shape index (κ2) is 6.92. The molecule has 0 aliphatic rings. The van der Waals surface area contributed by atoms with Gasteiger partial charge in [-0.3, -0.25) is 0 Å². The predicted octanol–water partition coefficient (Wildman–Crippen LogP) is -0.698. The van der Waals surface area contributed by atoms with E-state index < -0.39 is 12.1 Å². The minimum Gasteiger partial charge on any atom is -0.370 e. The largest absolute Gasteiger partial charge is 0.370 e. The molecule has 0 unspecified atom stereocenters. The second-order valence-electron chi connectivity index (χ2n) is 1.84. The van der Waals surface area contributed by atoms with Crippen LogP contribution in [0.4, 0.5) is 9.59 Å². The van der Waals surface area contributed by atoms with Gasteiger partial charge in [0.25, 0.3) is 0 Å². The van der Waals surface area contributed by atoms with Crippen LogP contribution in [0.25, 0.3) is 0 Å². The lowest BCUT2D eigenvalue weighted by Crippen LogP contribution is -2.08. The maximum absolute atomic E-state index is 10.1. The number of nitrogens with zero attached hydrogens (tertiary/aromatic N) is 2. The number of nitrogens with two attached hydrogens (primary N) is 2. The lowest BCUT2D eigenvalue weighted by Gasteiger charge is -1.91. The summed E-state index contributed by atoms with van der Waals surface area (Å²) in [5, 5.41) is 0. The summed E-state index contributed by atoms with van der Waals surface area (Å²) in [7, 11) is 0. The summed E-state index contributed by atoms with van der Waals surface area (Å²) in [5.74, 6) is 0. The molecule has 0 aliphatic carbocycles. The number of aliphatic imine (C=N–C) groups is 2. The number of carbonyl (C=O) groups excluding carboxylic acids is 2. The number of hydrogen-bond donors (Lipinski definition) is 2. The highest BCUT2D eigenvalue weighted by atomic mass is 16.5. The molecule has 7 heteroatoms. The van der Waals surface area contributed by atoms with E-state index >= 15 is 0 Å². The van der Waals surface area contributed by atoms with Crippen molar-refractivity contribution in [1.82, 2.24) is 0 Å². The maximum Gasteiger partial charge on any atom is 0.338 e. The van der Waals surface area contributed by atoms with Crippen LogP contribution in [-0.4, -0.2) is 37.7 Å². The van der Waals surface area contributed by atoms with Crippen LogP contribution in [0.3, 0.4) is 0 Å². The van der Waals surface area contributed by atoms with Crippen molar-refractivity contribution in [1.29, 1.82) is 0 Å². The first kappa shape index (κ1) is 11.2. The summed E-state index contributed by atoms with van der Waals surface area (Å²) in [4.78, 5) is 26.5. The van der Waals surface area contributed by atoms with E-state index in [-0.39, 0.29) is 13.2 Å². The Kier molecular flexibility index (Phi) is 5.98. The number of ether oxygens (including phenoxy) is 1. The topological polar surface area (TPSA) is 120 Å². The summed E-state index contributed by atoms with van der Waals surface area (Å²) in [6.45, 7) is 0.238. The monoisotopic (exact) mass is 186 g/mol. The van der Waals surface area contributed by atoms with Crippen LogP contribution in [0.15, 0.2) is 9.98 Å². The van der Waals surface area contributed by atoms with Gasteiger partial charge in [-0.15, -0.1) is 0 Å². The van der Waals surface area contributed by atoms with E-state index in [0.29, 0.717) is 0 Å². The Labute approximate surface area is 74.5 Å². The lowest BCUT2D eigenvalue weighted by molar-refractivity contribution is 0.219. The van der Waals surface area contributed by atoms with Gasteiger partial charge in [0, 0.05) is 12.4 Å². The van der Waals surface area contributed by atoms with E-state index in [1.165, 1.54) is 12.4 Å². The van der Waals surface area contributed by atoms with Crippen LogP contribution in [0.1, 0.15) is 0 Å². The Morgan fingerprint density at radius 1 is 1.08 bits per heavy atom. The van der Waals surface area contributed by atoms with Gasteiger partial charge in [0.15, 0.2) is 0 Å². The summed E-state index contributed by atoms with van der Waals surface area (Å²) in [6.07, 6.45) is 2.42. The summed E-state index contributed by atoms with van der Waals surface area (Å²) in [5.41, 5.74) is 9.39. The molecule has 0 atom stereocenters. The van der Waals surface area contributed by atoms with Gasteiger partial charge >= 0.3 is 12.1 Å². The van der Waals surface area contributed by atoms with E-state index in [0.717, 1.165) is 0 Å². The first-order valence-corrected chi connectivity index (χ1v) is 3.34. The molecule has 4 amide bonds. The van der Waals surface area contributed by atoms with Crippen molar-refractivity contribution in [2.45, 2.75) is 0 Å². The number of amides is 4. The fraction of sp³-hybridized carbons (Fsp3) is 0.333. The number of rotatable bonds is 4. The highest BCUT2D eigenvalue weighted by molar-refractivity contribution is 5.83. The van der Waals surface area contributed by atoms with Gasteiger partial charge in [0.05, 0.1) is 13.2 Å². The van der Waals surface area contributed by atoms with Gasteiger partial charge in [-0.25, -0.2) is 19.6 Å². The van der Waals surface area contributed by atoms with E-state index in [2.05, 4.69) is 9.98 Å². The lowest BCUT2D eigenvalue weighted by atomic mass is 10.7. The third-order valence-electron chi connectivity index (χ3n) is 0.822. The van der Waals surface area contributed by atoms with E-state index in [1.54, 1.807) is 0 Å². The predicted molar refractivity (Wildman–Crippen MR) is 47.0 cm³/mol. The first-order chi connectivity index (χ1) is 6.13. The molecule has 7 nitrogen and oxygen atoms in total. The molecule has 0 fully saturated rings. The molecule has 72 valence electrons. The fourth-order valence-corrected chi connectivity index (χ4v) is 0.428. The van der Waals surface area contributed by atoms with Crippen LogP contribution >= 0.6 is 0 Å². The molecule has 0 heterocycles. The Bertz CT molecular complexity index is 212. The van der Waals surface area contributed by atoms with Gasteiger partial charge in [-0.2, -0.15) is 0 Å². The molecule has 0 bridgehead atoms. The van der Waals surface area contributed by atoms with E-state index in [4.69, 9.17) is 16.2 Å². The number of urea groups is 2. The zero-order chi connectivity index (χ0) is 10.1. The third-order valence-corrected chi connectivity index (χ3v) is 0.822. The Hall–Kier alpha value is -1.76. The molecule has 0 aromatic carbocycles. The SMILES string of the molecule is NC(=O)N=CCOCC=NC(N)=O. The Morgan fingerprint density at radius 3 is 1.77 bits per heavy atom. The standard InChI is InChI=1S/C6H10N4O3/c7-5(11)9-1-3-13-4-2-10-6(8)12/h1-2H,3-4H2,(H2,7,11)(H2,8,12). The quantitative estimate of drug-likeness (QED) is 0.446. The minimum absolute atomic E-state index is 0.119. The maximum atomic E-state index is 10.1. The zero-order valence-corrected chi connectivity index (χ0v) is 6.84. The van der Waals surface area contributed by atoms with E-state index in [1.807, 2.05) is 0 Å². The van der Waals surface area contributed by atoms with Crippen molar-refractivity contribution >= 4 is 24.5 Å². The molecule has 13 heavy (non-hydrogen) atoms. The normalized spacial score (nSPS) is 11.1. The Morgan fingerprint density at radius 2 is 1.46 bits per heavy atom. The Balaban J connectivity index is 3.36. The highest BCUT2D eigenvalue weighted by Gasteiger charge is 1.85. The summed E-state index contributed by atoms with van der Waals surface area (Å²) in [6, 6.07) is -1.57. The molecule has 0 aromatic heterocycles. The van der Waals surface area contributed by atoms with Gasteiger partial charge in [-0.1, -0.05) is 0 Å². The zero-order valence-electron chi connectivity index (χ0n) is 6.84. The van der Waals surface area contributed by atoms with Crippen molar-refractivity contribution in [2.75, 3.05) is 13.2 Å². The first-order valence-electron chi connectivity index (χ1n) is 3.34. The smallest absolute Gasteiger partial charge is 0.338 e. The highest BCUT2D eigenvalue weighted by Crippen LogP contribution is 1.72. The van der Waals surface area contributed by atoms with Gasteiger partial charge in [-0.05, 0) is 0 Å². The average Bonchev–Trinajstić information content (AvgIpc) is 2.01. The molecule has 0 aromatic rings. The summed E-state index contributed by atoms with van der Waals surface area (Å²) < 4.78 is 4.82. The average molecular weight is 186 g/mol. The molecule has 4 N–H and O–H groups in total. The van der Waals surface area contributed by atoms with Crippen molar-refractivity contribution in [2.24, 2.45) is 21.5 Å². The molecule has 0 spiro atoms. The molecule has 0 saturated heterocycles. The van der Waals surface area contributed by atoms with Gasteiger partial charge in [0.2, 0.25) is 0 Å². The molecule has 0 rings (SSSR count). The summed E-state index contributed by atoms with van der Waals surface area (Å²) >= 11 is 0. The molecular weight excluding hydrogens is 176 g/mol. The second-order valence-corrected chi connectivity index (χ2v) is 1.84. The van der Waals surface area contributed by atoms with Crippen molar-refractivity contribution < 1.29 is 14.3 Å². The van der Waals surface area contributed by atoms with Crippen molar-refractivity contribution in [3.05, 3.63) is 0 Å². The van der Waals surface area contributed by atoms with Crippen LogP contribution in [0.5, 0.6) is 0 Å². The molecule has 0 aliphatic heterocycles. The van der Waals surface area contributed by atoms with Crippen LogP contribution in [0, 0.1) is 0 Å². The van der Waals surface area contributed by atoms with Crippen LogP contribution < -0.4 is 11.5 Å². The van der Waals surface area contributed by atoms with Crippen LogP contribution in [-0.2, 0) is 4.74 Å². The number of carbonyl (C=O) groups is 2. The van der Waals surface area contributed by atoms with Gasteiger partial charge in [0.1, 0.15) is 0 Å². The minimum atomic E-state index is -0.783. The molecular formula is C6H10N4O3. The van der Waals surface area contributed by atoms with Crippen molar-refractivity contribution in [3.8, 4) is 0 Å². The fourth-order valence-electron chi connectivity index (χ4n) is 0.428. The van der Waals surface area contributed by atoms with Crippen molar-refractivity contribution in [3.63, 3.8) is 0 Å². The van der Waals surface area contributed by atoms with Crippen LogP contribution in [0.2, 0.25) is 0 Å². The molecule has 0 radical (unpaired) electrons. The van der Waals surface area contributed by atoms with E-state index in [9.17, 15) is 9.59 Å². The number of hydrogen-bond acceptors (Lipinski definition) is 3. The molecule has 0 saturated carbocycles. The van der Waals surface area contributed by atoms with Gasteiger partial charge < -0.3 is 16.2 Å². The number of primary amides is 2.